The third-order valence-electron chi connectivity index (χ3n) is 3.16. The first-order chi connectivity index (χ1) is 11.0. The minimum absolute atomic E-state index is 0.00934. The third-order valence-corrected chi connectivity index (χ3v) is 3.16. The molecule has 0 saturated heterocycles. The number of benzene rings is 1. The highest BCUT2D eigenvalue weighted by Crippen LogP contribution is 2.12. The summed E-state index contributed by atoms with van der Waals surface area (Å²) in [5.41, 5.74) is 0.378. The Morgan fingerprint density at radius 1 is 1.26 bits per heavy atom. The van der Waals surface area contributed by atoms with Crippen molar-refractivity contribution in [3.63, 3.8) is 0 Å². The monoisotopic (exact) mass is 323 g/mol. The molecule has 0 spiro atoms. The maximum Gasteiger partial charge on any atom is 0.305 e. The molecular formula is C15H15F2N3O3. The molecule has 1 amide bonds. The van der Waals surface area contributed by atoms with Crippen LogP contribution < -0.4 is 0 Å². The van der Waals surface area contributed by atoms with Gasteiger partial charge in [0.25, 0.3) is 0 Å². The largest absolute Gasteiger partial charge is 0.481 e. The SMILES string of the molecule is O=C(O)CCN(Cc1ccc(F)c(F)c1)C(=O)Cn1cccn1. The van der Waals surface area contributed by atoms with Crippen LogP contribution >= 0.6 is 0 Å². The van der Waals surface area contributed by atoms with E-state index in [4.69, 9.17) is 5.11 Å². The summed E-state index contributed by atoms with van der Waals surface area (Å²) in [4.78, 5) is 24.3. The van der Waals surface area contributed by atoms with Crippen LogP contribution in [0.15, 0.2) is 36.7 Å². The minimum Gasteiger partial charge on any atom is -0.481 e. The molecule has 1 N–H and O–H groups in total. The van der Waals surface area contributed by atoms with Gasteiger partial charge < -0.3 is 10.0 Å². The number of rotatable bonds is 7. The molecule has 1 heterocycles. The fraction of sp³-hybridized carbons (Fsp3) is 0.267. The van der Waals surface area contributed by atoms with Crippen molar-refractivity contribution in [3.8, 4) is 0 Å². The van der Waals surface area contributed by atoms with Gasteiger partial charge in [0.1, 0.15) is 6.54 Å². The van der Waals surface area contributed by atoms with Gasteiger partial charge in [0.2, 0.25) is 5.91 Å². The summed E-state index contributed by atoms with van der Waals surface area (Å²) < 4.78 is 27.6. The number of halogens is 2. The van der Waals surface area contributed by atoms with Gasteiger partial charge in [-0.25, -0.2) is 8.78 Å². The molecule has 6 nitrogen and oxygen atoms in total. The Labute approximate surface area is 130 Å². The third kappa shape index (κ3) is 4.87. The molecule has 0 atom stereocenters. The van der Waals surface area contributed by atoms with E-state index in [1.165, 1.54) is 21.8 Å². The number of carboxylic acids is 1. The molecule has 0 fully saturated rings. The first kappa shape index (κ1) is 16.6. The van der Waals surface area contributed by atoms with Gasteiger partial charge in [0.15, 0.2) is 11.6 Å². The minimum atomic E-state index is -1.05. The summed E-state index contributed by atoms with van der Waals surface area (Å²) in [6.45, 7) is -0.102. The Morgan fingerprint density at radius 3 is 2.65 bits per heavy atom. The Balaban J connectivity index is 2.10. The lowest BCUT2D eigenvalue weighted by atomic mass is 10.2. The van der Waals surface area contributed by atoms with Crippen LogP contribution in [0.5, 0.6) is 0 Å². The predicted molar refractivity (Wildman–Crippen MR) is 76.3 cm³/mol. The number of hydrogen-bond donors (Lipinski definition) is 1. The van der Waals surface area contributed by atoms with Gasteiger partial charge in [-0.05, 0) is 23.8 Å². The molecule has 23 heavy (non-hydrogen) atoms. The standard InChI is InChI=1S/C15H15F2N3O3/c16-12-3-2-11(8-13(12)17)9-19(7-4-15(22)23)14(21)10-20-6-1-5-18-20/h1-3,5-6,8H,4,7,9-10H2,(H,22,23). The van der Waals surface area contributed by atoms with Crippen molar-refractivity contribution >= 4 is 11.9 Å². The van der Waals surface area contributed by atoms with Crippen molar-refractivity contribution in [3.05, 3.63) is 53.9 Å². The highest BCUT2D eigenvalue weighted by molar-refractivity contribution is 5.76. The van der Waals surface area contributed by atoms with Crippen LogP contribution in [-0.4, -0.2) is 38.2 Å². The van der Waals surface area contributed by atoms with Gasteiger partial charge in [-0.3, -0.25) is 14.3 Å². The predicted octanol–water partition coefficient (Wildman–Crippen LogP) is 1.66. The van der Waals surface area contributed by atoms with E-state index in [-0.39, 0.29) is 32.0 Å². The number of aromatic nitrogens is 2. The fourth-order valence-electron chi connectivity index (χ4n) is 2.01. The molecule has 1 aromatic carbocycles. The highest BCUT2D eigenvalue weighted by Gasteiger charge is 2.17. The lowest BCUT2D eigenvalue weighted by molar-refractivity contribution is -0.139. The molecular weight excluding hydrogens is 308 g/mol. The number of aliphatic carboxylic acids is 1. The van der Waals surface area contributed by atoms with Crippen LogP contribution in [0.3, 0.4) is 0 Å². The molecule has 122 valence electrons. The van der Waals surface area contributed by atoms with Gasteiger partial charge in [-0.2, -0.15) is 5.10 Å². The Bertz CT molecular complexity index is 689. The molecule has 0 radical (unpaired) electrons. The van der Waals surface area contributed by atoms with Gasteiger partial charge in [-0.1, -0.05) is 6.07 Å². The van der Waals surface area contributed by atoms with Gasteiger partial charge in [0, 0.05) is 25.5 Å². The van der Waals surface area contributed by atoms with Crippen LogP contribution in [0.1, 0.15) is 12.0 Å². The molecule has 0 saturated carbocycles. The van der Waals surface area contributed by atoms with E-state index < -0.39 is 17.6 Å². The molecule has 0 unspecified atom stereocenters. The molecule has 8 heteroatoms. The molecule has 0 aliphatic carbocycles. The van der Waals surface area contributed by atoms with Gasteiger partial charge in [-0.15, -0.1) is 0 Å². The highest BCUT2D eigenvalue weighted by atomic mass is 19.2. The summed E-state index contributed by atoms with van der Waals surface area (Å²) in [7, 11) is 0. The first-order valence-electron chi connectivity index (χ1n) is 6.86. The number of nitrogens with zero attached hydrogens (tertiary/aromatic N) is 3. The van der Waals surface area contributed by atoms with E-state index in [0.29, 0.717) is 5.56 Å². The van der Waals surface area contributed by atoms with E-state index >= 15 is 0 Å². The van der Waals surface area contributed by atoms with E-state index in [0.717, 1.165) is 12.1 Å². The molecule has 2 rings (SSSR count). The maximum absolute atomic E-state index is 13.3. The van der Waals surface area contributed by atoms with Crippen LogP contribution in [0, 0.1) is 11.6 Å². The second kappa shape index (κ2) is 7.48. The van der Waals surface area contributed by atoms with Gasteiger partial charge >= 0.3 is 5.97 Å². The molecule has 0 aliphatic rings. The number of carbonyl (C=O) groups excluding carboxylic acids is 1. The second-order valence-corrected chi connectivity index (χ2v) is 4.91. The average Bonchev–Trinajstić information content (AvgIpc) is 2.99. The molecule has 2 aromatic rings. The lowest BCUT2D eigenvalue weighted by Crippen LogP contribution is -2.35. The zero-order chi connectivity index (χ0) is 16.8. The van der Waals surface area contributed by atoms with Crippen molar-refractivity contribution in [2.75, 3.05) is 6.54 Å². The Morgan fingerprint density at radius 2 is 2.04 bits per heavy atom. The Kier molecular flexibility index (Phi) is 5.40. The second-order valence-electron chi connectivity index (χ2n) is 4.91. The normalized spacial score (nSPS) is 10.5. The average molecular weight is 323 g/mol. The number of carboxylic acid groups (broad SMARTS) is 1. The zero-order valence-electron chi connectivity index (χ0n) is 12.2. The van der Waals surface area contributed by atoms with E-state index in [2.05, 4.69) is 5.10 Å². The molecule has 0 bridgehead atoms. The summed E-state index contributed by atoms with van der Waals surface area (Å²) in [5, 5.41) is 12.7. The topological polar surface area (TPSA) is 75.4 Å². The van der Waals surface area contributed by atoms with Crippen LogP contribution in [0.25, 0.3) is 0 Å². The summed E-state index contributed by atoms with van der Waals surface area (Å²) in [5.74, 6) is -3.40. The number of carbonyl (C=O) groups is 2. The first-order valence-corrected chi connectivity index (χ1v) is 6.86. The van der Waals surface area contributed by atoms with E-state index in [1.54, 1.807) is 12.3 Å². The van der Waals surface area contributed by atoms with Crippen molar-refractivity contribution in [1.29, 1.82) is 0 Å². The van der Waals surface area contributed by atoms with Crippen molar-refractivity contribution in [2.45, 2.75) is 19.5 Å². The van der Waals surface area contributed by atoms with Crippen molar-refractivity contribution in [2.24, 2.45) is 0 Å². The van der Waals surface area contributed by atoms with Crippen molar-refractivity contribution in [1.82, 2.24) is 14.7 Å². The quantitative estimate of drug-likeness (QED) is 0.841. The fourth-order valence-corrected chi connectivity index (χ4v) is 2.01. The molecule has 0 aliphatic heterocycles. The molecule has 1 aromatic heterocycles. The maximum atomic E-state index is 13.3. The summed E-state index contributed by atoms with van der Waals surface area (Å²) in [6.07, 6.45) is 2.88. The van der Waals surface area contributed by atoms with E-state index in [1.807, 2.05) is 0 Å². The zero-order valence-corrected chi connectivity index (χ0v) is 12.2. The van der Waals surface area contributed by atoms with Crippen molar-refractivity contribution < 1.29 is 23.5 Å². The Hall–Kier alpha value is -2.77. The van der Waals surface area contributed by atoms with E-state index in [9.17, 15) is 18.4 Å². The summed E-state index contributed by atoms with van der Waals surface area (Å²) >= 11 is 0. The van der Waals surface area contributed by atoms with Gasteiger partial charge in [0.05, 0.1) is 6.42 Å². The number of amides is 1. The van der Waals surface area contributed by atoms with Crippen LogP contribution in [0.2, 0.25) is 0 Å². The number of hydrogen-bond acceptors (Lipinski definition) is 3. The lowest BCUT2D eigenvalue weighted by Gasteiger charge is -2.22. The van der Waals surface area contributed by atoms with Crippen LogP contribution in [-0.2, 0) is 22.7 Å². The van der Waals surface area contributed by atoms with Crippen LogP contribution in [0.4, 0.5) is 8.78 Å². The summed E-state index contributed by atoms with van der Waals surface area (Å²) in [6, 6.07) is 4.97. The smallest absolute Gasteiger partial charge is 0.305 e.